The lowest BCUT2D eigenvalue weighted by molar-refractivity contribution is -0.00997. The molecule has 0 saturated carbocycles. The summed E-state index contributed by atoms with van der Waals surface area (Å²) in [7, 11) is 0. The normalized spacial score (nSPS) is 11.7. The van der Waals surface area contributed by atoms with E-state index in [2.05, 4.69) is 30.8 Å². The highest BCUT2D eigenvalue weighted by Crippen LogP contribution is 2.20. The Morgan fingerprint density at radius 2 is 0.600 bits per heavy atom. The van der Waals surface area contributed by atoms with E-state index in [0.717, 1.165) is 26.1 Å². The molecule has 0 saturated heterocycles. The smallest absolute Gasteiger partial charge is 0.0543 e. The maximum absolute atomic E-state index is 8.89. The Bertz CT molecular complexity index is 637. The van der Waals surface area contributed by atoms with Crippen molar-refractivity contribution in [2.45, 2.75) is 252 Å². The van der Waals surface area contributed by atoms with Crippen molar-refractivity contribution in [2.75, 3.05) is 33.0 Å². The fourth-order valence-corrected chi connectivity index (χ4v) is 7.18. The summed E-state index contributed by atoms with van der Waals surface area (Å²) in [6, 6.07) is 0. The Hall–Kier alpha value is -0.770. The van der Waals surface area contributed by atoms with Crippen molar-refractivity contribution in [3.63, 3.8) is 0 Å². The fourth-order valence-electron chi connectivity index (χ4n) is 7.18. The molecule has 298 valence electrons. The zero-order valence-corrected chi connectivity index (χ0v) is 34.6. The van der Waals surface area contributed by atoms with Crippen molar-refractivity contribution in [1.29, 1.82) is 0 Å². The molecule has 50 heavy (non-hydrogen) atoms. The maximum atomic E-state index is 8.89. The van der Waals surface area contributed by atoms with Crippen molar-refractivity contribution in [2.24, 2.45) is 10.5 Å². The lowest BCUT2D eigenvalue weighted by Crippen LogP contribution is -2.32. The first-order chi connectivity index (χ1) is 24.7. The minimum absolute atomic E-state index is 0.241. The maximum Gasteiger partial charge on any atom is 0.0543 e. The van der Waals surface area contributed by atoms with Gasteiger partial charge >= 0.3 is 0 Å². The van der Waals surface area contributed by atoms with Crippen LogP contribution in [-0.2, 0) is 9.47 Å². The van der Waals surface area contributed by atoms with Gasteiger partial charge in [-0.25, -0.2) is 0 Å². The third kappa shape index (κ3) is 40.0. The van der Waals surface area contributed by atoms with Gasteiger partial charge in [-0.15, -0.1) is 0 Å². The molecule has 5 nitrogen and oxygen atoms in total. The van der Waals surface area contributed by atoms with Crippen molar-refractivity contribution >= 4 is 0 Å². The third-order valence-corrected chi connectivity index (χ3v) is 10.7. The van der Waals surface area contributed by atoms with Crippen molar-refractivity contribution in [3.05, 3.63) is 10.4 Å². The molecule has 0 N–H and O–H groups in total. The van der Waals surface area contributed by atoms with Crippen LogP contribution in [0.5, 0.6) is 0 Å². The van der Waals surface area contributed by atoms with Crippen LogP contribution in [0.2, 0.25) is 0 Å². The van der Waals surface area contributed by atoms with Crippen LogP contribution in [0.3, 0.4) is 0 Å². The average Bonchev–Trinajstić information content (AvgIpc) is 3.12. The number of azide groups is 1. The van der Waals surface area contributed by atoms with E-state index in [0.29, 0.717) is 19.8 Å². The largest absolute Gasteiger partial charge is 0.381 e. The first-order valence-corrected chi connectivity index (χ1v) is 22.8. The van der Waals surface area contributed by atoms with Crippen LogP contribution in [0.1, 0.15) is 252 Å². The molecule has 0 unspecified atom stereocenters. The van der Waals surface area contributed by atoms with E-state index in [4.69, 9.17) is 15.0 Å². The molecule has 0 aliphatic heterocycles. The number of rotatable bonds is 44. The summed E-state index contributed by atoms with van der Waals surface area (Å²) in [6.07, 6.45) is 50.2. The second-order valence-electron chi connectivity index (χ2n) is 16.3. The fraction of sp³-hybridized carbons (Fsp3) is 1.00. The molecule has 0 aromatic heterocycles. The van der Waals surface area contributed by atoms with Crippen LogP contribution >= 0.6 is 0 Å². The van der Waals surface area contributed by atoms with E-state index >= 15 is 0 Å². The summed E-state index contributed by atoms with van der Waals surface area (Å²) in [5.41, 5.74) is 8.65. The summed E-state index contributed by atoms with van der Waals surface area (Å²) in [6.45, 7) is 9.95. The van der Waals surface area contributed by atoms with Gasteiger partial charge < -0.3 is 9.47 Å². The van der Waals surface area contributed by atoms with E-state index in [1.54, 1.807) is 0 Å². The number of unbranched alkanes of at least 4 members (excludes halogenated alkanes) is 34. The highest BCUT2D eigenvalue weighted by Gasteiger charge is 2.24. The Morgan fingerprint density at radius 3 is 0.820 bits per heavy atom. The highest BCUT2D eigenvalue weighted by molar-refractivity contribution is 4.77. The molecule has 0 fully saturated rings. The highest BCUT2D eigenvalue weighted by atomic mass is 16.5. The SMILES string of the molecule is CCCCCCCCCCCCCCCCCCCCOCC(C)(CN=[N+]=[N-])COCCCCCCCCCCCCCCCCCCCC. The molecule has 0 spiro atoms. The summed E-state index contributed by atoms with van der Waals surface area (Å²) in [5.74, 6) is 0. The predicted molar refractivity (Wildman–Crippen MR) is 221 cm³/mol. The van der Waals surface area contributed by atoms with E-state index in [1.165, 1.54) is 218 Å². The van der Waals surface area contributed by atoms with Gasteiger partial charge in [0.15, 0.2) is 0 Å². The molecule has 5 heteroatoms. The summed E-state index contributed by atoms with van der Waals surface area (Å²) in [5, 5.41) is 3.87. The topological polar surface area (TPSA) is 67.2 Å². The molecule has 0 aliphatic carbocycles. The van der Waals surface area contributed by atoms with E-state index in [9.17, 15) is 0 Å². The van der Waals surface area contributed by atoms with Gasteiger partial charge in [-0.1, -0.05) is 244 Å². The van der Waals surface area contributed by atoms with E-state index in [-0.39, 0.29) is 5.41 Å². The van der Waals surface area contributed by atoms with E-state index < -0.39 is 0 Å². The molecule has 0 aliphatic rings. The molecule has 0 bridgehead atoms. The first-order valence-electron chi connectivity index (χ1n) is 22.8. The van der Waals surface area contributed by atoms with Gasteiger partial charge in [0, 0.05) is 30.1 Å². The van der Waals surface area contributed by atoms with Gasteiger partial charge in [0.25, 0.3) is 0 Å². The molecule has 0 rings (SSSR count). The molecule has 0 amide bonds. The third-order valence-electron chi connectivity index (χ3n) is 10.7. The monoisotopic (exact) mass is 706 g/mol. The molecular weight excluding hydrogens is 615 g/mol. The van der Waals surface area contributed by atoms with Crippen molar-refractivity contribution in [3.8, 4) is 0 Å². The number of hydrogen-bond donors (Lipinski definition) is 0. The Labute approximate surface area is 314 Å². The molecule has 0 aromatic carbocycles. The second-order valence-corrected chi connectivity index (χ2v) is 16.3. The standard InChI is InChI=1S/C45H91N3O2/c1-4-6-8-10-12-14-16-18-20-22-24-26-28-30-32-34-36-38-40-49-43-45(3,42-47-48-46)44-50-41-39-37-35-33-31-29-27-25-23-21-19-17-15-13-11-9-7-5-2/h4-44H2,1-3H3. The van der Waals surface area contributed by atoms with Crippen molar-refractivity contribution < 1.29 is 9.47 Å². The lowest BCUT2D eigenvalue weighted by Gasteiger charge is -2.27. The lowest BCUT2D eigenvalue weighted by atomic mass is 9.93. The van der Waals surface area contributed by atoms with Gasteiger partial charge in [-0.2, -0.15) is 0 Å². The number of hydrogen-bond acceptors (Lipinski definition) is 3. The zero-order chi connectivity index (χ0) is 36.3. The van der Waals surface area contributed by atoms with Crippen LogP contribution in [0.4, 0.5) is 0 Å². The van der Waals surface area contributed by atoms with Gasteiger partial charge in [0.2, 0.25) is 0 Å². The minimum Gasteiger partial charge on any atom is -0.381 e. The molecule has 0 heterocycles. The first kappa shape index (κ1) is 49.2. The Kier molecular flexibility index (Phi) is 42.0. The summed E-state index contributed by atoms with van der Waals surface area (Å²) < 4.78 is 12.1. The van der Waals surface area contributed by atoms with Crippen LogP contribution in [0.15, 0.2) is 5.11 Å². The zero-order valence-electron chi connectivity index (χ0n) is 34.6. The average molecular weight is 706 g/mol. The Balaban J connectivity index is 3.53. The second kappa shape index (κ2) is 42.6. The summed E-state index contributed by atoms with van der Waals surface area (Å²) >= 11 is 0. The van der Waals surface area contributed by atoms with Gasteiger partial charge in [0.1, 0.15) is 0 Å². The van der Waals surface area contributed by atoms with Crippen LogP contribution in [0, 0.1) is 5.41 Å². The molecule has 0 aromatic rings. The molecular formula is C45H91N3O2. The van der Waals surface area contributed by atoms with Gasteiger partial charge in [-0.3, -0.25) is 0 Å². The van der Waals surface area contributed by atoms with Gasteiger partial charge in [0.05, 0.1) is 13.2 Å². The number of nitrogens with zero attached hydrogens (tertiary/aromatic N) is 3. The number of ether oxygens (including phenoxy) is 2. The van der Waals surface area contributed by atoms with Crippen LogP contribution in [0.25, 0.3) is 10.4 Å². The molecule has 0 atom stereocenters. The Morgan fingerprint density at radius 1 is 0.380 bits per heavy atom. The minimum atomic E-state index is -0.241. The quantitative estimate of drug-likeness (QED) is 0.0274. The van der Waals surface area contributed by atoms with Crippen LogP contribution in [-0.4, -0.2) is 33.0 Å². The van der Waals surface area contributed by atoms with Gasteiger partial charge in [-0.05, 0) is 18.4 Å². The van der Waals surface area contributed by atoms with E-state index in [1.807, 2.05) is 0 Å². The summed E-state index contributed by atoms with van der Waals surface area (Å²) in [4.78, 5) is 3.00. The van der Waals surface area contributed by atoms with Crippen molar-refractivity contribution in [1.82, 2.24) is 0 Å². The predicted octanol–water partition coefficient (Wildman–Crippen LogP) is 16.4. The van der Waals surface area contributed by atoms with Crippen LogP contribution < -0.4 is 0 Å². The molecule has 0 radical (unpaired) electrons.